The summed E-state index contributed by atoms with van der Waals surface area (Å²) >= 11 is 0. The summed E-state index contributed by atoms with van der Waals surface area (Å²) < 4.78 is 65.1. The zero-order chi connectivity index (χ0) is 55.6. The topological polar surface area (TPSA) is 472 Å². The minimum atomic E-state index is -2.09. The van der Waals surface area contributed by atoms with Crippen LogP contribution in [0.5, 0.6) is 0 Å². The van der Waals surface area contributed by atoms with Gasteiger partial charge in [0.1, 0.15) is 91.6 Å². The molecule has 5 fully saturated rings. The number of amides is 3. The van der Waals surface area contributed by atoms with Gasteiger partial charge >= 0.3 is 0 Å². The molecule has 5 aliphatic rings. The number of hydrogen-bond donors (Lipinski definition) is 17. The van der Waals surface area contributed by atoms with E-state index >= 15 is 0 Å². The second-order valence-corrected chi connectivity index (χ2v) is 19.0. The number of nitrogens with one attached hydrogen (secondary N) is 3. The van der Waals surface area contributed by atoms with Crippen LogP contribution in [0.25, 0.3) is 0 Å². The molecule has 17 N–H and O–H groups in total. The van der Waals surface area contributed by atoms with E-state index in [1.54, 1.807) is 6.92 Å². The molecule has 0 spiro atoms. The van der Waals surface area contributed by atoms with Crippen molar-refractivity contribution in [1.29, 1.82) is 0 Å². The van der Waals surface area contributed by atoms with Gasteiger partial charge in [0.05, 0.1) is 75.6 Å². The summed E-state index contributed by atoms with van der Waals surface area (Å²) in [5, 5.41) is 157. The van der Waals surface area contributed by atoms with Crippen LogP contribution in [0, 0.1) is 0 Å². The van der Waals surface area contributed by atoms with E-state index in [-0.39, 0.29) is 12.8 Å². The Morgan fingerprint density at radius 1 is 0.533 bits per heavy atom. The predicted molar refractivity (Wildman–Crippen MR) is 241 cm³/mol. The van der Waals surface area contributed by atoms with Gasteiger partial charge in [-0.3, -0.25) is 14.4 Å². The second kappa shape index (κ2) is 29.0. The Kier molecular flexibility index (Phi) is 24.5. The molecule has 0 aromatic heterocycles. The third kappa shape index (κ3) is 15.6. The Morgan fingerprint density at radius 2 is 1.01 bits per heavy atom. The lowest BCUT2D eigenvalue weighted by Gasteiger charge is -2.49. The molecule has 5 heterocycles. The van der Waals surface area contributed by atoms with Crippen LogP contribution in [0.1, 0.15) is 47.0 Å². The van der Waals surface area contributed by atoms with Crippen LogP contribution in [0.3, 0.4) is 0 Å². The van der Waals surface area contributed by atoms with Crippen molar-refractivity contribution in [3.63, 3.8) is 0 Å². The second-order valence-electron chi connectivity index (χ2n) is 19.0. The van der Waals surface area contributed by atoms with Gasteiger partial charge in [0.2, 0.25) is 17.7 Å². The maximum atomic E-state index is 12.6. The highest BCUT2D eigenvalue weighted by atomic mass is 16.8. The largest absolute Gasteiger partial charge is 0.396 e. The average Bonchev–Trinajstić information content (AvgIpc) is 3.36. The van der Waals surface area contributed by atoms with E-state index in [1.807, 2.05) is 0 Å². The zero-order valence-corrected chi connectivity index (χ0v) is 41.9. The molecule has 436 valence electrons. The molecule has 31 heteroatoms. The molecule has 5 aliphatic heterocycles. The molecule has 0 radical (unpaired) electrons. The lowest BCUT2D eigenvalue weighted by Crippen LogP contribution is -2.67. The van der Waals surface area contributed by atoms with Gasteiger partial charge in [0, 0.05) is 47.3 Å². The summed E-state index contributed by atoms with van der Waals surface area (Å²) in [6.45, 7) is 0.407. The van der Waals surface area contributed by atoms with E-state index in [4.69, 9.17) is 52.1 Å². The highest BCUT2D eigenvalue weighted by Gasteiger charge is 2.54. The zero-order valence-electron chi connectivity index (χ0n) is 41.9. The van der Waals surface area contributed by atoms with Crippen molar-refractivity contribution >= 4 is 17.7 Å². The fraction of sp³-hybridized carbons (Fsp3) is 0.932. The number of rotatable bonds is 24. The average molecular weight is 1100 g/mol. The molecule has 27 atom stereocenters. The van der Waals surface area contributed by atoms with E-state index in [0.717, 1.165) is 14.0 Å². The van der Waals surface area contributed by atoms with Crippen molar-refractivity contribution in [3.05, 3.63) is 0 Å². The monoisotopic (exact) mass is 1100 g/mol. The summed E-state index contributed by atoms with van der Waals surface area (Å²) in [6, 6.07) is -3.45. The first-order valence-electron chi connectivity index (χ1n) is 24.5. The van der Waals surface area contributed by atoms with E-state index < -0.39 is 229 Å². The van der Waals surface area contributed by atoms with Crippen molar-refractivity contribution < 1.29 is 138 Å². The van der Waals surface area contributed by atoms with Crippen LogP contribution in [0.4, 0.5) is 0 Å². The molecule has 5 saturated heterocycles. The molecule has 0 saturated carbocycles. The lowest BCUT2D eigenvalue weighted by molar-refractivity contribution is -0.369. The Hall–Kier alpha value is -2.59. The fourth-order valence-electron chi connectivity index (χ4n) is 9.68. The van der Waals surface area contributed by atoms with Crippen molar-refractivity contribution in [3.8, 4) is 0 Å². The quantitative estimate of drug-likeness (QED) is 0.0399. The van der Waals surface area contributed by atoms with Gasteiger partial charge in [-0.1, -0.05) is 0 Å². The van der Waals surface area contributed by atoms with Crippen molar-refractivity contribution in [2.24, 2.45) is 0 Å². The Labute approximate surface area is 430 Å². The number of carbonyl (C=O) groups is 3. The Morgan fingerprint density at radius 3 is 1.51 bits per heavy atom. The number of methoxy groups -OCH3 is 1. The number of aliphatic hydroxyl groups excluding tert-OH is 14. The minimum absolute atomic E-state index is 0.273. The standard InChI is InChI=1S/C44H77N3O28/c1-15-29(47-18(4)56)33(61)37(28(14-53)66-15)73-40-19(45-16(2)54)8-23(25(11-50)69-40)68-43-36(64)38(32(60)27(13-52)72-43)74-44(65-5)39(30(58)21(57)6-7-48)75-41-20(46-17(3)55)9-22(24(10-49)70-41)67-42-35(63)34(62)31(59)26(12-51)71-42/h15,19-44,48-53,57-64H,6-14H2,1-5H3,(H,45,54)(H,46,55)(H,47,56)/t15-,19?,20?,21+,22-,23-,24?,25?,26?,27?,28?,29?,30?,31-,32+,33?,34?,35?,36?,37+,38?,39?,40-,41-,42+,43+,44+/m0/s1. The molecule has 0 aromatic rings. The predicted octanol–water partition coefficient (Wildman–Crippen LogP) is -9.90. The van der Waals surface area contributed by atoms with Gasteiger partial charge in [-0.05, 0) is 13.3 Å². The molecular formula is C44H77N3O28. The molecule has 0 aromatic carbocycles. The normalized spacial score (nSPS) is 42.2. The number of carbonyl (C=O) groups excluding carboxylic acids is 3. The summed E-state index contributed by atoms with van der Waals surface area (Å²) in [7, 11) is 1.03. The third-order valence-electron chi connectivity index (χ3n) is 13.5. The SMILES string of the molecule is CO[C@H](OC1C(O)[C@H](O[C@H]2CC(NC(C)=O)[C@H](O[C@@H]3C(CO)O[C@@H](C)C(NC(C)=O)C3O)OC2CO)OC(CO)[C@H]1O)C(O[C@@H]1OC(CO)[C@@H](O[C@@H]2OC(CO)[C@H](O)C(O)C2O)CC1NC(C)=O)C(O)[C@H](O)CCO. The van der Waals surface area contributed by atoms with Crippen molar-refractivity contribution in [2.75, 3.05) is 46.8 Å². The first kappa shape index (κ1) is 63.2. The van der Waals surface area contributed by atoms with Gasteiger partial charge < -0.3 is 140 Å². The van der Waals surface area contributed by atoms with Gasteiger partial charge in [0.15, 0.2) is 31.5 Å². The van der Waals surface area contributed by atoms with E-state index in [1.165, 1.54) is 13.8 Å². The fourth-order valence-corrected chi connectivity index (χ4v) is 9.68. The van der Waals surface area contributed by atoms with Gasteiger partial charge in [-0.15, -0.1) is 0 Å². The van der Waals surface area contributed by atoms with Crippen LogP contribution < -0.4 is 16.0 Å². The third-order valence-corrected chi connectivity index (χ3v) is 13.5. The first-order chi connectivity index (χ1) is 35.5. The van der Waals surface area contributed by atoms with Crippen LogP contribution in [0.15, 0.2) is 0 Å². The first-order valence-corrected chi connectivity index (χ1v) is 24.5. The van der Waals surface area contributed by atoms with Gasteiger partial charge in [-0.25, -0.2) is 0 Å². The van der Waals surface area contributed by atoms with Gasteiger partial charge in [-0.2, -0.15) is 0 Å². The smallest absolute Gasteiger partial charge is 0.217 e. The number of hydrogen-bond acceptors (Lipinski definition) is 28. The molecule has 31 nitrogen and oxygen atoms in total. The van der Waals surface area contributed by atoms with Crippen LogP contribution >= 0.6 is 0 Å². The molecule has 3 amide bonds. The summed E-state index contributed by atoms with van der Waals surface area (Å²) in [5.74, 6) is -1.77. The van der Waals surface area contributed by atoms with Crippen molar-refractivity contribution in [1.82, 2.24) is 16.0 Å². The summed E-state index contributed by atoms with van der Waals surface area (Å²) in [6.07, 6.45) is -40.2. The number of aliphatic hydroxyl groups is 14. The summed E-state index contributed by atoms with van der Waals surface area (Å²) in [5.41, 5.74) is 0. The van der Waals surface area contributed by atoms with Crippen LogP contribution in [0.2, 0.25) is 0 Å². The molecule has 0 bridgehead atoms. The highest BCUT2D eigenvalue weighted by molar-refractivity contribution is 5.74. The van der Waals surface area contributed by atoms with Gasteiger partial charge in [0.25, 0.3) is 0 Å². The highest BCUT2D eigenvalue weighted by Crippen LogP contribution is 2.36. The summed E-state index contributed by atoms with van der Waals surface area (Å²) in [4.78, 5) is 37.1. The molecule has 5 rings (SSSR count). The maximum Gasteiger partial charge on any atom is 0.217 e. The Bertz CT molecular complexity index is 1760. The molecule has 15 unspecified atom stereocenters. The molecule has 75 heavy (non-hydrogen) atoms. The number of ether oxygens (including phenoxy) is 11. The minimum Gasteiger partial charge on any atom is -0.396 e. The van der Waals surface area contributed by atoms with E-state index in [0.29, 0.717) is 0 Å². The van der Waals surface area contributed by atoms with E-state index in [9.17, 15) is 85.9 Å². The van der Waals surface area contributed by atoms with Crippen LogP contribution in [-0.2, 0) is 66.5 Å². The maximum absolute atomic E-state index is 12.6. The van der Waals surface area contributed by atoms with E-state index in [2.05, 4.69) is 16.0 Å². The Balaban J connectivity index is 1.38. The van der Waals surface area contributed by atoms with Crippen LogP contribution in [-0.4, -0.2) is 302 Å². The van der Waals surface area contributed by atoms with Crippen molar-refractivity contribution in [2.45, 2.75) is 213 Å². The molecular weight excluding hydrogens is 1020 g/mol. The molecule has 0 aliphatic carbocycles. The lowest BCUT2D eigenvalue weighted by atomic mass is 9.92.